The Bertz CT molecular complexity index is 1040. The van der Waals surface area contributed by atoms with Crippen LogP contribution < -0.4 is 15.4 Å². The number of carbonyl (C=O) groups excluding carboxylic acids is 2. The maximum absolute atomic E-state index is 13.0. The highest BCUT2D eigenvalue weighted by atomic mass is 79.9. The van der Waals surface area contributed by atoms with Crippen LogP contribution >= 0.6 is 15.9 Å². The Hall–Kier alpha value is -3.12. The van der Waals surface area contributed by atoms with Crippen LogP contribution in [0.2, 0.25) is 0 Å². The third-order valence-corrected chi connectivity index (χ3v) is 5.05. The molecule has 2 N–H and O–H groups in total. The van der Waals surface area contributed by atoms with Crippen molar-refractivity contribution in [3.05, 3.63) is 88.4 Å². The fourth-order valence-corrected chi connectivity index (χ4v) is 3.41. The molecule has 0 aliphatic rings. The van der Waals surface area contributed by atoms with E-state index >= 15 is 0 Å². The zero-order valence-corrected chi connectivity index (χ0v) is 18.9. The molecule has 31 heavy (non-hydrogen) atoms. The van der Waals surface area contributed by atoms with E-state index in [1.165, 1.54) is 5.56 Å². The molecule has 6 heteroatoms. The summed E-state index contributed by atoms with van der Waals surface area (Å²) in [5.74, 6) is 0.184. The van der Waals surface area contributed by atoms with Crippen molar-refractivity contribution in [3.8, 4) is 5.75 Å². The van der Waals surface area contributed by atoms with Crippen LogP contribution in [0, 0.1) is 0 Å². The molecule has 160 valence electrons. The Balaban J connectivity index is 1.68. The lowest BCUT2D eigenvalue weighted by Crippen LogP contribution is -2.15. The molecule has 0 fully saturated rings. The zero-order valence-electron chi connectivity index (χ0n) is 17.4. The summed E-state index contributed by atoms with van der Waals surface area (Å²) in [7, 11) is 0. The van der Waals surface area contributed by atoms with Crippen LogP contribution in [0.5, 0.6) is 5.75 Å². The SMILES string of the molecule is CCCC(=O)Nc1cccc(NC(=O)c2cc(Br)ccc2OCCc2ccccc2)c1. The lowest BCUT2D eigenvalue weighted by molar-refractivity contribution is -0.116. The van der Waals surface area contributed by atoms with Crippen molar-refractivity contribution >= 4 is 39.1 Å². The molecule has 3 aromatic rings. The first-order valence-corrected chi connectivity index (χ1v) is 11.0. The molecule has 5 nitrogen and oxygen atoms in total. The lowest BCUT2D eigenvalue weighted by atomic mass is 10.1. The van der Waals surface area contributed by atoms with E-state index in [4.69, 9.17) is 4.74 Å². The van der Waals surface area contributed by atoms with Gasteiger partial charge in [0.15, 0.2) is 0 Å². The largest absolute Gasteiger partial charge is 0.492 e. The highest BCUT2D eigenvalue weighted by Gasteiger charge is 2.14. The van der Waals surface area contributed by atoms with Gasteiger partial charge in [0.25, 0.3) is 5.91 Å². The van der Waals surface area contributed by atoms with Crippen molar-refractivity contribution in [1.29, 1.82) is 0 Å². The van der Waals surface area contributed by atoms with Crippen LogP contribution in [0.25, 0.3) is 0 Å². The van der Waals surface area contributed by atoms with E-state index < -0.39 is 0 Å². The number of hydrogen-bond acceptors (Lipinski definition) is 3. The Morgan fingerprint density at radius 2 is 1.65 bits per heavy atom. The van der Waals surface area contributed by atoms with E-state index in [0.29, 0.717) is 35.7 Å². The van der Waals surface area contributed by atoms with Gasteiger partial charge < -0.3 is 15.4 Å². The second-order valence-corrected chi connectivity index (χ2v) is 7.97. The van der Waals surface area contributed by atoms with Crippen molar-refractivity contribution in [2.45, 2.75) is 26.2 Å². The molecule has 0 saturated carbocycles. The van der Waals surface area contributed by atoms with Crippen molar-refractivity contribution in [1.82, 2.24) is 0 Å². The minimum atomic E-state index is -0.284. The Labute approximate surface area is 191 Å². The van der Waals surface area contributed by atoms with Crippen molar-refractivity contribution in [2.75, 3.05) is 17.2 Å². The third-order valence-electron chi connectivity index (χ3n) is 4.56. The van der Waals surface area contributed by atoms with Gasteiger partial charge >= 0.3 is 0 Å². The van der Waals surface area contributed by atoms with Crippen LogP contribution in [0.3, 0.4) is 0 Å². The monoisotopic (exact) mass is 480 g/mol. The van der Waals surface area contributed by atoms with Gasteiger partial charge in [-0.3, -0.25) is 9.59 Å². The van der Waals surface area contributed by atoms with E-state index in [-0.39, 0.29) is 11.8 Å². The number of nitrogens with one attached hydrogen (secondary N) is 2. The van der Waals surface area contributed by atoms with Gasteiger partial charge in [-0.15, -0.1) is 0 Å². The van der Waals surface area contributed by atoms with Crippen LogP contribution in [0.1, 0.15) is 35.7 Å². The number of halogens is 1. The molecule has 3 rings (SSSR count). The number of carbonyl (C=O) groups is 2. The van der Waals surface area contributed by atoms with Gasteiger partial charge in [0, 0.05) is 28.7 Å². The molecule has 2 amide bonds. The van der Waals surface area contributed by atoms with Gasteiger partial charge in [-0.2, -0.15) is 0 Å². The van der Waals surface area contributed by atoms with Crippen molar-refractivity contribution < 1.29 is 14.3 Å². The average Bonchev–Trinajstić information content (AvgIpc) is 2.76. The molecule has 0 heterocycles. The van der Waals surface area contributed by atoms with E-state index in [2.05, 4.69) is 26.6 Å². The summed E-state index contributed by atoms with van der Waals surface area (Å²) in [5.41, 5.74) is 2.84. The molecule has 0 spiro atoms. The minimum Gasteiger partial charge on any atom is -0.492 e. The van der Waals surface area contributed by atoms with Crippen LogP contribution in [-0.4, -0.2) is 18.4 Å². The summed E-state index contributed by atoms with van der Waals surface area (Å²) in [4.78, 5) is 24.8. The first-order chi connectivity index (χ1) is 15.0. The smallest absolute Gasteiger partial charge is 0.259 e. The van der Waals surface area contributed by atoms with Crippen LogP contribution in [-0.2, 0) is 11.2 Å². The van der Waals surface area contributed by atoms with Gasteiger partial charge in [-0.05, 0) is 48.4 Å². The molecule has 0 atom stereocenters. The highest BCUT2D eigenvalue weighted by Crippen LogP contribution is 2.25. The first kappa shape index (κ1) is 22.6. The zero-order chi connectivity index (χ0) is 22.1. The summed E-state index contributed by atoms with van der Waals surface area (Å²) >= 11 is 3.43. The minimum absolute atomic E-state index is 0.0490. The Kier molecular flexibility index (Phi) is 8.24. The normalized spacial score (nSPS) is 10.4. The molecular weight excluding hydrogens is 456 g/mol. The maximum Gasteiger partial charge on any atom is 0.259 e. The summed E-state index contributed by atoms with van der Waals surface area (Å²) in [5, 5.41) is 5.73. The third kappa shape index (κ3) is 6.96. The molecular formula is C25H25BrN2O3. The average molecular weight is 481 g/mol. The molecule has 0 aliphatic carbocycles. The number of amides is 2. The number of rotatable bonds is 9. The van der Waals surface area contributed by atoms with Crippen molar-refractivity contribution in [2.24, 2.45) is 0 Å². The molecule has 0 aliphatic heterocycles. The first-order valence-electron chi connectivity index (χ1n) is 10.2. The van der Waals surface area contributed by atoms with Gasteiger partial charge in [-0.25, -0.2) is 0 Å². The van der Waals surface area contributed by atoms with E-state index in [1.54, 1.807) is 36.4 Å². The van der Waals surface area contributed by atoms with E-state index in [0.717, 1.165) is 17.3 Å². The summed E-state index contributed by atoms with van der Waals surface area (Å²) in [6.07, 6.45) is 1.98. The van der Waals surface area contributed by atoms with Gasteiger partial charge in [0.1, 0.15) is 5.75 Å². The lowest BCUT2D eigenvalue weighted by Gasteiger charge is -2.13. The van der Waals surface area contributed by atoms with E-state index in [1.807, 2.05) is 43.3 Å². The molecule has 0 aromatic heterocycles. The highest BCUT2D eigenvalue weighted by molar-refractivity contribution is 9.10. The second kappa shape index (κ2) is 11.3. The quantitative estimate of drug-likeness (QED) is 0.390. The second-order valence-electron chi connectivity index (χ2n) is 7.06. The summed E-state index contributed by atoms with van der Waals surface area (Å²) < 4.78 is 6.71. The molecule has 0 saturated heterocycles. The predicted molar refractivity (Wildman–Crippen MR) is 128 cm³/mol. The standard InChI is InChI=1S/C25H25BrN2O3/c1-2-7-24(29)27-20-10-6-11-21(17-20)28-25(30)22-16-19(26)12-13-23(22)31-15-14-18-8-4-3-5-9-18/h3-6,8-13,16-17H,2,7,14-15H2,1H3,(H,27,29)(H,28,30). The number of anilines is 2. The number of ether oxygens (including phenoxy) is 1. The van der Waals surface area contributed by atoms with Crippen LogP contribution in [0.15, 0.2) is 77.3 Å². The fourth-order valence-electron chi connectivity index (χ4n) is 3.05. The summed E-state index contributed by atoms with van der Waals surface area (Å²) in [6, 6.07) is 22.5. The van der Waals surface area contributed by atoms with Gasteiger partial charge in [0.2, 0.25) is 5.91 Å². The van der Waals surface area contributed by atoms with Gasteiger partial charge in [0.05, 0.1) is 12.2 Å². The molecule has 0 bridgehead atoms. The van der Waals surface area contributed by atoms with E-state index in [9.17, 15) is 9.59 Å². The topological polar surface area (TPSA) is 67.4 Å². The fraction of sp³-hybridized carbons (Fsp3) is 0.200. The number of hydrogen-bond donors (Lipinski definition) is 2. The van der Waals surface area contributed by atoms with Gasteiger partial charge in [-0.1, -0.05) is 59.3 Å². The maximum atomic E-state index is 13.0. The van der Waals surface area contributed by atoms with Crippen molar-refractivity contribution in [3.63, 3.8) is 0 Å². The Morgan fingerprint density at radius 1 is 0.903 bits per heavy atom. The molecule has 0 unspecified atom stereocenters. The predicted octanol–water partition coefficient (Wildman–Crippen LogP) is 6.06. The molecule has 0 radical (unpaired) electrons. The molecule has 3 aromatic carbocycles. The number of benzene rings is 3. The van der Waals surface area contributed by atoms with Crippen LogP contribution in [0.4, 0.5) is 11.4 Å². The Morgan fingerprint density at radius 3 is 2.39 bits per heavy atom. The summed E-state index contributed by atoms with van der Waals surface area (Å²) in [6.45, 7) is 2.42.